The summed E-state index contributed by atoms with van der Waals surface area (Å²) in [4.78, 5) is 20.8. The molecule has 1 fully saturated rings. The summed E-state index contributed by atoms with van der Waals surface area (Å²) in [5.74, 6) is 0.511. The number of nitriles is 1. The Hall–Kier alpha value is -3.11. The molecule has 2 aromatic heterocycles. The molecule has 0 radical (unpaired) electrons. The molecule has 4 N–H and O–H groups in total. The Morgan fingerprint density at radius 3 is 3.07 bits per heavy atom. The molecule has 3 aromatic rings. The van der Waals surface area contributed by atoms with Crippen LogP contribution < -0.4 is 16.0 Å². The van der Waals surface area contributed by atoms with Crippen molar-refractivity contribution in [3.05, 3.63) is 35.5 Å². The van der Waals surface area contributed by atoms with Crippen LogP contribution in [0, 0.1) is 17.2 Å². The fourth-order valence-corrected chi connectivity index (χ4v) is 4.08. The molecule has 4 rings (SSSR count). The Kier molecular flexibility index (Phi) is 5.63. The zero-order valence-electron chi connectivity index (χ0n) is 16.6. The van der Waals surface area contributed by atoms with E-state index in [2.05, 4.69) is 32.0 Å². The minimum atomic E-state index is -0.115. The van der Waals surface area contributed by atoms with E-state index in [1.54, 1.807) is 12.3 Å². The van der Waals surface area contributed by atoms with E-state index < -0.39 is 0 Å². The number of fused-ring (bicyclic) bond motifs is 3. The molecule has 1 aliphatic rings. The van der Waals surface area contributed by atoms with E-state index in [4.69, 9.17) is 5.26 Å². The number of hydrogen-bond acceptors (Lipinski definition) is 5. The normalized spacial score (nSPS) is 16.6. The van der Waals surface area contributed by atoms with Crippen LogP contribution in [0.4, 0.5) is 5.69 Å². The quantitative estimate of drug-likeness (QED) is 0.517. The van der Waals surface area contributed by atoms with Gasteiger partial charge in [-0.2, -0.15) is 5.26 Å². The highest BCUT2D eigenvalue weighted by molar-refractivity contribution is 6.13. The second kappa shape index (κ2) is 8.50. The second-order valence-corrected chi connectivity index (χ2v) is 7.55. The number of piperidine rings is 1. The molecule has 29 heavy (non-hydrogen) atoms. The average Bonchev–Trinajstić information content (AvgIpc) is 3.13. The zero-order chi connectivity index (χ0) is 20.2. The fraction of sp³-hybridized carbons (Fsp3) is 0.409. The monoisotopic (exact) mass is 390 g/mol. The smallest absolute Gasteiger partial charge is 0.255 e. The van der Waals surface area contributed by atoms with Crippen LogP contribution in [-0.2, 0) is 0 Å². The molecule has 1 saturated heterocycles. The van der Waals surface area contributed by atoms with Crippen LogP contribution in [-0.4, -0.2) is 42.1 Å². The number of H-pyrrole nitrogens is 1. The van der Waals surface area contributed by atoms with Crippen LogP contribution in [0.25, 0.3) is 21.9 Å². The van der Waals surface area contributed by atoms with Gasteiger partial charge in [-0.25, -0.2) is 0 Å². The number of amides is 1. The molecule has 0 saturated carbocycles. The summed E-state index contributed by atoms with van der Waals surface area (Å²) in [5.41, 5.74) is 4.31. The molecule has 1 unspecified atom stereocenters. The standard InChI is InChI=1S/C22H26N6O/c1-2-25-20-17(22(29)26-9-7-14-4-3-8-24-12-14)13-27-19-16-6-5-15(11-23)10-18(16)28-21(19)20/h5-6,10,13-14,24,28H,2-4,7-9,12H2,1H3,(H,25,27)(H,26,29). The van der Waals surface area contributed by atoms with Crippen molar-refractivity contribution < 1.29 is 4.79 Å². The van der Waals surface area contributed by atoms with Gasteiger partial charge in [-0.05, 0) is 63.4 Å². The Morgan fingerprint density at radius 2 is 2.31 bits per heavy atom. The molecule has 1 amide bonds. The Labute approximate surface area is 169 Å². The minimum Gasteiger partial charge on any atom is -0.383 e. The number of rotatable bonds is 6. The van der Waals surface area contributed by atoms with Crippen LogP contribution in [0.15, 0.2) is 24.4 Å². The molecule has 0 aliphatic carbocycles. The van der Waals surface area contributed by atoms with Gasteiger partial charge in [0.1, 0.15) is 0 Å². The van der Waals surface area contributed by atoms with Crippen LogP contribution >= 0.6 is 0 Å². The summed E-state index contributed by atoms with van der Waals surface area (Å²) in [6.07, 6.45) is 5.05. The maximum atomic E-state index is 12.9. The number of carbonyl (C=O) groups is 1. The second-order valence-electron chi connectivity index (χ2n) is 7.55. The summed E-state index contributed by atoms with van der Waals surface area (Å²) in [5, 5.41) is 19.9. The van der Waals surface area contributed by atoms with Gasteiger partial charge in [0.05, 0.1) is 33.9 Å². The predicted molar refractivity (Wildman–Crippen MR) is 115 cm³/mol. The first-order valence-corrected chi connectivity index (χ1v) is 10.3. The zero-order valence-corrected chi connectivity index (χ0v) is 16.6. The molecular weight excluding hydrogens is 364 g/mol. The Balaban J connectivity index is 1.61. The molecule has 1 aliphatic heterocycles. The van der Waals surface area contributed by atoms with E-state index in [1.807, 2.05) is 19.1 Å². The van der Waals surface area contributed by atoms with Crippen LogP contribution in [0.5, 0.6) is 0 Å². The van der Waals surface area contributed by atoms with E-state index in [0.717, 1.165) is 47.1 Å². The molecule has 0 spiro atoms. The van der Waals surface area contributed by atoms with E-state index in [0.29, 0.717) is 30.1 Å². The number of carbonyl (C=O) groups excluding carboxylic acids is 1. The van der Waals surface area contributed by atoms with Gasteiger partial charge in [0.25, 0.3) is 5.91 Å². The first kappa shape index (κ1) is 19.2. The fourth-order valence-electron chi connectivity index (χ4n) is 4.08. The van der Waals surface area contributed by atoms with Gasteiger partial charge in [0.2, 0.25) is 0 Å². The number of hydrogen-bond donors (Lipinski definition) is 4. The van der Waals surface area contributed by atoms with Gasteiger partial charge < -0.3 is 20.9 Å². The number of pyridine rings is 1. The van der Waals surface area contributed by atoms with Crippen molar-refractivity contribution >= 4 is 33.5 Å². The van der Waals surface area contributed by atoms with E-state index in [9.17, 15) is 4.79 Å². The van der Waals surface area contributed by atoms with Gasteiger partial charge in [0, 0.05) is 30.2 Å². The van der Waals surface area contributed by atoms with Crippen molar-refractivity contribution in [3.8, 4) is 6.07 Å². The molecule has 7 heteroatoms. The molecular formula is C22H26N6O. The maximum absolute atomic E-state index is 12.9. The van der Waals surface area contributed by atoms with Crippen molar-refractivity contribution in [2.75, 3.05) is 31.5 Å². The lowest BCUT2D eigenvalue weighted by molar-refractivity contribution is 0.0951. The van der Waals surface area contributed by atoms with Gasteiger partial charge in [-0.15, -0.1) is 0 Å². The lowest BCUT2D eigenvalue weighted by Crippen LogP contribution is -2.33. The number of nitrogens with zero attached hydrogens (tertiary/aromatic N) is 2. The Morgan fingerprint density at radius 1 is 1.41 bits per heavy atom. The van der Waals surface area contributed by atoms with E-state index in [1.165, 1.54) is 12.8 Å². The van der Waals surface area contributed by atoms with Gasteiger partial charge in [-0.1, -0.05) is 0 Å². The largest absolute Gasteiger partial charge is 0.383 e. The van der Waals surface area contributed by atoms with Crippen molar-refractivity contribution in [1.29, 1.82) is 5.26 Å². The van der Waals surface area contributed by atoms with Crippen molar-refractivity contribution in [2.24, 2.45) is 5.92 Å². The molecule has 3 heterocycles. The third-order valence-electron chi connectivity index (χ3n) is 5.58. The first-order valence-electron chi connectivity index (χ1n) is 10.3. The summed E-state index contributed by atoms with van der Waals surface area (Å²) < 4.78 is 0. The molecule has 7 nitrogen and oxygen atoms in total. The molecule has 0 bridgehead atoms. The minimum absolute atomic E-state index is 0.115. The summed E-state index contributed by atoms with van der Waals surface area (Å²) >= 11 is 0. The first-order chi connectivity index (χ1) is 14.2. The number of aromatic nitrogens is 2. The third-order valence-corrected chi connectivity index (χ3v) is 5.58. The SMILES string of the molecule is CCNc1c(C(=O)NCCC2CCCNC2)cnc2c1[nH]c1cc(C#N)ccc12. The number of anilines is 1. The third kappa shape index (κ3) is 3.89. The van der Waals surface area contributed by atoms with Crippen LogP contribution in [0.1, 0.15) is 42.1 Å². The summed E-state index contributed by atoms with van der Waals surface area (Å²) in [6.45, 7) is 5.48. The lowest BCUT2D eigenvalue weighted by atomic mass is 9.96. The van der Waals surface area contributed by atoms with Crippen molar-refractivity contribution in [3.63, 3.8) is 0 Å². The van der Waals surface area contributed by atoms with E-state index in [-0.39, 0.29) is 5.91 Å². The number of aromatic amines is 1. The average molecular weight is 390 g/mol. The van der Waals surface area contributed by atoms with Crippen molar-refractivity contribution in [1.82, 2.24) is 20.6 Å². The van der Waals surface area contributed by atoms with Crippen LogP contribution in [0.3, 0.4) is 0 Å². The van der Waals surface area contributed by atoms with Gasteiger partial charge in [0.15, 0.2) is 0 Å². The summed E-state index contributed by atoms with van der Waals surface area (Å²) in [6, 6.07) is 7.65. The molecule has 1 atom stereocenters. The highest BCUT2D eigenvalue weighted by atomic mass is 16.1. The van der Waals surface area contributed by atoms with E-state index >= 15 is 0 Å². The highest BCUT2D eigenvalue weighted by Gasteiger charge is 2.19. The van der Waals surface area contributed by atoms with Gasteiger partial charge in [-0.3, -0.25) is 9.78 Å². The number of benzene rings is 1. The highest BCUT2D eigenvalue weighted by Crippen LogP contribution is 2.31. The predicted octanol–water partition coefficient (Wildman–Crippen LogP) is 3.14. The molecule has 1 aromatic carbocycles. The van der Waals surface area contributed by atoms with Crippen molar-refractivity contribution in [2.45, 2.75) is 26.2 Å². The van der Waals surface area contributed by atoms with Crippen LogP contribution in [0.2, 0.25) is 0 Å². The Bertz CT molecular complexity index is 1070. The van der Waals surface area contributed by atoms with Gasteiger partial charge >= 0.3 is 0 Å². The maximum Gasteiger partial charge on any atom is 0.255 e. The summed E-state index contributed by atoms with van der Waals surface area (Å²) in [7, 11) is 0. The molecule has 150 valence electrons. The lowest BCUT2D eigenvalue weighted by Gasteiger charge is -2.22. The topological polar surface area (TPSA) is 106 Å². The number of nitrogens with one attached hydrogen (secondary N) is 4.